The highest BCUT2D eigenvalue weighted by molar-refractivity contribution is 7.45. The molecule has 0 spiro atoms. The average molecular weight is 1100 g/mol. The van der Waals surface area contributed by atoms with Gasteiger partial charge >= 0.3 is 5.97 Å². The van der Waals surface area contributed by atoms with E-state index in [9.17, 15) is 19.0 Å². The Morgan fingerprint density at radius 3 is 1.23 bits per heavy atom. The fourth-order valence-corrected chi connectivity index (χ4v) is 9.83. The number of amides is 1. The zero-order chi connectivity index (χ0) is 56.4. The fourth-order valence-electron chi connectivity index (χ4n) is 9.11. The van der Waals surface area contributed by atoms with E-state index in [1.54, 1.807) is 0 Å². The van der Waals surface area contributed by atoms with Crippen LogP contribution in [-0.4, -0.2) is 69.4 Å². The molecule has 3 atom stereocenters. The van der Waals surface area contributed by atoms with Crippen LogP contribution >= 0.6 is 7.82 Å². The summed E-state index contributed by atoms with van der Waals surface area (Å²) < 4.78 is 30.2. The van der Waals surface area contributed by atoms with Crippen molar-refractivity contribution in [1.82, 2.24) is 5.32 Å². The molecule has 3 unspecified atom stereocenters. The molecule has 0 aromatic heterocycles. The molecule has 0 fully saturated rings. The van der Waals surface area contributed by atoms with Gasteiger partial charge in [-0.05, 0) is 89.5 Å². The van der Waals surface area contributed by atoms with Gasteiger partial charge in [0.2, 0.25) is 5.91 Å². The first-order valence-electron chi connectivity index (χ1n) is 32.2. The van der Waals surface area contributed by atoms with Crippen LogP contribution in [0.5, 0.6) is 0 Å². The molecule has 0 saturated carbocycles. The van der Waals surface area contributed by atoms with Crippen LogP contribution in [0.2, 0.25) is 0 Å². The van der Waals surface area contributed by atoms with E-state index in [4.69, 9.17) is 13.8 Å². The van der Waals surface area contributed by atoms with E-state index in [-0.39, 0.29) is 18.9 Å². The van der Waals surface area contributed by atoms with Crippen LogP contribution in [0.1, 0.15) is 290 Å². The number of quaternary nitrogens is 1. The molecule has 0 aliphatic rings. The van der Waals surface area contributed by atoms with Gasteiger partial charge in [-0.1, -0.05) is 261 Å². The number of likely N-dealkylation sites (N-methyl/N-ethyl adjacent to an activating group) is 1. The number of unbranched alkanes of at least 4 members (excludes halogenated alkanes) is 32. The molecule has 10 heteroatoms. The first kappa shape index (κ1) is 74.5. The number of carbonyl (C=O) groups is 2. The van der Waals surface area contributed by atoms with Gasteiger partial charge in [-0.3, -0.25) is 14.2 Å². The molecule has 9 nitrogen and oxygen atoms in total. The van der Waals surface area contributed by atoms with Gasteiger partial charge in [-0.2, -0.15) is 0 Å². The van der Waals surface area contributed by atoms with Crippen molar-refractivity contribution in [2.75, 3.05) is 40.9 Å². The van der Waals surface area contributed by atoms with E-state index in [2.05, 4.69) is 80.8 Å². The first-order chi connectivity index (χ1) is 37.4. The second kappa shape index (κ2) is 56.7. The van der Waals surface area contributed by atoms with E-state index < -0.39 is 32.5 Å². The van der Waals surface area contributed by atoms with Crippen LogP contribution in [-0.2, 0) is 27.9 Å². The highest BCUT2D eigenvalue weighted by Gasteiger charge is 2.27. The molecule has 0 aromatic rings. The lowest BCUT2D eigenvalue weighted by atomic mass is 10.0. The molecule has 448 valence electrons. The lowest BCUT2D eigenvalue weighted by Gasteiger charge is -2.30. The molecule has 0 radical (unpaired) electrons. The van der Waals surface area contributed by atoms with Crippen molar-refractivity contribution < 1.29 is 37.3 Å². The topological polar surface area (TPSA) is 114 Å². The second-order valence-corrected chi connectivity index (χ2v) is 24.3. The Hall–Kier alpha value is -2.55. The smallest absolute Gasteiger partial charge is 0.306 e. The second-order valence-electron chi connectivity index (χ2n) is 22.9. The molecule has 0 aliphatic heterocycles. The third kappa shape index (κ3) is 57.9. The SMILES string of the molecule is CCCCC/C=C\C/C=C\C/C=C\CCCCCCCCCCCCCCCCC(=O)NC(COP(=O)([O-])OCC[N+](C)(C)C)C(/C=C\CCCCCCCCCCC)OC(=O)CC/C=C/C/C=C\CCCCCCCC. The molecule has 0 aromatic carbocycles. The van der Waals surface area contributed by atoms with Crippen LogP contribution in [0.3, 0.4) is 0 Å². The van der Waals surface area contributed by atoms with E-state index in [0.29, 0.717) is 23.9 Å². The molecule has 0 saturated heterocycles. The number of hydrogen-bond donors (Lipinski definition) is 1. The minimum atomic E-state index is -4.71. The van der Waals surface area contributed by atoms with Crippen molar-refractivity contribution in [2.45, 2.75) is 303 Å². The summed E-state index contributed by atoms with van der Waals surface area (Å²) in [5, 5.41) is 3.01. The van der Waals surface area contributed by atoms with E-state index in [0.717, 1.165) is 64.2 Å². The molecule has 0 rings (SSSR count). The summed E-state index contributed by atoms with van der Waals surface area (Å²) in [5.74, 6) is -0.617. The number of rotatable bonds is 58. The van der Waals surface area contributed by atoms with E-state index in [1.165, 1.54) is 186 Å². The largest absolute Gasteiger partial charge is 0.756 e. The number of carbonyl (C=O) groups excluding carboxylic acids is 2. The van der Waals surface area contributed by atoms with Gasteiger partial charge in [-0.15, -0.1) is 0 Å². The van der Waals surface area contributed by atoms with Gasteiger partial charge in [0.25, 0.3) is 7.82 Å². The van der Waals surface area contributed by atoms with E-state index in [1.807, 2.05) is 39.4 Å². The Balaban J connectivity index is 5.04. The van der Waals surface area contributed by atoms with Crippen molar-refractivity contribution in [2.24, 2.45) is 0 Å². The van der Waals surface area contributed by atoms with Gasteiger partial charge in [0.15, 0.2) is 0 Å². The summed E-state index contributed by atoms with van der Waals surface area (Å²) in [6, 6.07) is -0.912. The van der Waals surface area contributed by atoms with Crippen molar-refractivity contribution in [3.8, 4) is 0 Å². The van der Waals surface area contributed by atoms with E-state index >= 15 is 0 Å². The van der Waals surface area contributed by atoms with Crippen molar-refractivity contribution >= 4 is 19.7 Å². The summed E-state index contributed by atoms with van der Waals surface area (Å²) in [7, 11) is 1.16. The number of hydrogen-bond acceptors (Lipinski definition) is 7. The van der Waals surface area contributed by atoms with Crippen LogP contribution in [0, 0.1) is 0 Å². The highest BCUT2D eigenvalue weighted by atomic mass is 31.2. The van der Waals surface area contributed by atoms with Gasteiger partial charge in [-0.25, -0.2) is 0 Å². The Labute approximate surface area is 476 Å². The zero-order valence-corrected chi connectivity index (χ0v) is 52.0. The van der Waals surface area contributed by atoms with Crippen molar-refractivity contribution in [3.63, 3.8) is 0 Å². The van der Waals surface area contributed by atoms with Crippen molar-refractivity contribution in [3.05, 3.63) is 72.9 Å². The summed E-state index contributed by atoms with van der Waals surface area (Å²) in [5.41, 5.74) is 0. The molecule has 0 bridgehead atoms. The van der Waals surface area contributed by atoms with Crippen LogP contribution in [0.4, 0.5) is 0 Å². The maximum Gasteiger partial charge on any atom is 0.306 e. The van der Waals surface area contributed by atoms with Gasteiger partial charge < -0.3 is 28.5 Å². The third-order valence-electron chi connectivity index (χ3n) is 14.1. The summed E-state index contributed by atoms with van der Waals surface area (Å²) >= 11 is 0. The maximum atomic E-state index is 13.5. The molecule has 1 amide bonds. The normalized spacial score (nSPS) is 14.1. The molecule has 0 heterocycles. The maximum absolute atomic E-state index is 13.5. The Morgan fingerprint density at radius 1 is 0.455 bits per heavy atom. The minimum absolute atomic E-state index is 0.0311. The number of nitrogens with one attached hydrogen (secondary N) is 1. The summed E-state index contributed by atoms with van der Waals surface area (Å²) in [4.78, 5) is 39.9. The van der Waals surface area contributed by atoms with Gasteiger partial charge in [0.05, 0.1) is 33.8 Å². The Morgan fingerprint density at radius 2 is 0.805 bits per heavy atom. The summed E-state index contributed by atoms with van der Waals surface area (Å²) in [6.45, 7) is 6.77. The lowest BCUT2D eigenvalue weighted by Crippen LogP contribution is -2.47. The number of esters is 1. The summed E-state index contributed by atoms with van der Waals surface area (Å²) in [6.07, 6.45) is 73.3. The first-order valence-corrected chi connectivity index (χ1v) is 33.7. The standard InChI is InChI=1S/C67H123N2O7P/c1-7-10-13-16-19-22-25-27-28-29-30-31-32-33-34-35-36-37-38-39-40-42-44-47-50-53-56-59-66(70)68-64(63-75-77(72,73)74-62-61-69(4,5)6)65(58-55-52-49-46-43-24-21-18-15-12-9-3)76-67(71)60-57-54-51-48-45-41-26-23-20-17-14-11-8-2/h19,22,27-28,30-31,41,45,51,54-55,58,64-65H,7-18,20-21,23-26,29,32-40,42-44,46-50,52-53,56-57,59-63H2,1-6H3,(H-,68,70,72,73)/b22-19-,28-27-,31-30-,45-41-,54-51+,58-55-. The third-order valence-corrected chi connectivity index (χ3v) is 15.1. The molecular weight excluding hydrogens is 976 g/mol. The quantitative estimate of drug-likeness (QED) is 0.0212. The van der Waals surface area contributed by atoms with Gasteiger partial charge in [0.1, 0.15) is 19.3 Å². The number of allylic oxidation sites excluding steroid dienone is 11. The molecule has 0 aliphatic carbocycles. The fraction of sp³-hybridized carbons (Fsp3) is 0.791. The molecular formula is C67H123N2O7P. The average Bonchev–Trinajstić information content (AvgIpc) is 3.39. The number of ether oxygens (including phenoxy) is 1. The van der Waals surface area contributed by atoms with Crippen LogP contribution < -0.4 is 10.2 Å². The van der Waals surface area contributed by atoms with Gasteiger partial charge in [0, 0.05) is 12.8 Å². The van der Waals surface area contributed by atoms with Crippen molar-refractivity contribution in [1.29, 1.82) is 0 Å². The Kier molecular flexibility index (Phi) is 54.8. The number of phosphoric acid groups is 1. The minimum Gasteiger partial charge on any atom is -0.756 e. The predicted octanol–water partition coefficient (Wildman–Crippen LogP) is 19.4. The number of phosphoric ester groups is 1. The number of nitrogens with zero attached hydrogens (tertiary/aromatic N) is 1. The monoisotopic (exact) mass is 1100 g/mol. The molecule has 1 N–H and O–H groups in total. The Bertz CT molecular complexity index is 1550. The van der Waals surface area contributed by atoms with Crippen LogP contribution in [0.25, 0.3) is 0 Å². The van der Waals surface area contributed by atoms with Crippen LogP contribution in [0.15, 0.2) is 72.9 Å². The predicted molar refractivity (Wildman–Crippen MR) is 330 cm³/mol. The zero-order valence-electron chi connectivity index (χ0n) is 51.2. The highest BCUT2D eigenvalue weighted by Crippen LogP contribution is 2.38. The lowest BCUT2D eigenvalue weighted by molar-refractivity contribution is -0.870. The molecule has 77 heavy (non-hydrogen) atoms.